The van der Waals surface area contributed by atoms with Gasteiger partial charge in [0.15, 0.2) is 0 Å². The third kappa shape index (κ3) is 4.73. The van der Waals surface area contributed by atoms with E-state index in [1.54, 1.807) is 0 Å². The van der Waals surface area contributed by atoms with Crippen LogP contribution in [0, 0.1) is 0 Å². The number of anilines is 2. The molecule has 5 heteroatoms. The van der Waals surface area contributed by atoms with Crippen LogP contribution < -0.4 is 16.0 Å². The number of hydrogen-bond donors (Lipinski definition) is 2. The first-order chi connectivity index (χ1) is 15.7. The van der Waals surface area contributed by atoms with Crippen molar-refractivity contribution in [2.45, 2.75) is 39.3 Å². The predicted octanol–water partition coefficient (Wildman–Crippen LogP) is 4.98. The number of fused-ring (bicyclic) bond motifs is 1. The third-order valence-corrected chi connectivity index (χ3v) is 5.89. The molecule has 32 heavy (non-hydrogen) atoms. The number of nitrogens with two attached hydrogens (primary N) is 1. The van der Waals surface area contributed by atoms with E-state index in [4.69, 9.17) is 5.73 Å². The number of nitrogens with one attached hydrogen (secondary N) is 1. The first kappa shape index (κ1) is 21.8. The zero-order valence-electron chi connectivity index (χ0n) is 18.6. The molecule has 3 N–H and O–H groups in total. The van der Waals surface area contributed by atoms with Gasteiger partial charge in [0.2, 0.25) is 5.91 Å². The van der Waals surface area contributed by atoms with E-state index >= 15 is 0 Å². The Hall–Kier alpha value is -3.44. The van der Waals surface area contributed by atoms with E-state index < -0.39 is 0 Å². The van der Waals surface area contributed by atoms with Crippen LogP contribution in [-0.2, 0) is 19.5 Å². The summed E-state index contributed by atoms with van der Waals surface area (Å²) in [5.41, 5.74) is 13.3. The van der Waals surface area contributed by atoms with Gasteiger partial charge in [-0.1, -0.05) is 49.8 Å². The van der Waals surface area contributed by atoms with Gasteiger partial charge < -0.3 is 16.0 Å². The van der Waals surface area contributed by atoms with E-state index in [0.29, 0.717) is 12.1 Å². The first-order valence-corrected chi connectivity index (χ1v) is 11.3. The van der Waals surface area contributed by atoms with Crippen LogP contribution in [-0.4, -0.2) is 17.4 Å². The minimum absolute atomic E-state index is 0.366. The molecule has 4 rings (SSSR count). The second-order valence-corrected chi connectivity index (χ2v) is 8.10. The van der Waals surface area contributed by atoms with Gasteiger partial charge in [-0.3, -0.25) is 9.78 Å². The molecule has 0 bridgehead atoms. The van der Waals surface area contributed by atoms with E-state index in [1.807, 2.05) is 36.7 Å². The quantitative estimate of drug-likeness (QED) is 0.506. The summed E-state index contributed by atoms with van der Waals surface area (Å²) in [5.74, 6) is -0.366. The molecular weight excluding hydrogens is 396 g/mol. The molecule has 0 atom stereocenters. The minimum Gasteiger partial charge on any atom is -0.366 e. The van der Waals surface area contributed by atoms with E-state index in [9.17, 15) is 4.79 Å². The van der Waals surface area contributed by atoms with Crippen LogP contribution in [0.3, 0.4) is 0 Å². The molecule has 0 radical (unpaired) electrons. The van der Waals surface area contributed by atoms with Crippen molar-refractivity contribution in [3.8, 4) is 0 Å². The Bertz CT molecular complexity index is 1110. The Morgan fingerprint density at radius 1 is 1.09 bits per heavy atom. The molecule has 2 heterocycles. The Morgan fingerprint density at radius 3 is 2.69 bits per heavy atom. The summed E-state index contributed by atoms with van der Waals surface area (Å²) in [7, 11) is 0. The number of benzene rings is 2. The highest BCUT2D eigenvalue weighted by Gasteiger charge is 2.24. The van der Waals surface area contributed by atoms with Crippen molar-refractivity contribution in [2.75, 3.05) is 11.4 Å². The monoisotopic (exact) mass is 426 g/mol. The topological polar surface area (TPSA) is 71.2 Å². The molecule has 0 aliphatic carbocycles. The number of carbonyl (C=O) groups excluding carboxylic acids is 1. The van der Waals surface area contributed by atoms with Crippen LogP contribution in [0.4, 0.5) is 11.4 Å². The lowest BCUT2D eigenvalue weighted by atomic mass is 9.93. The number of amides is 1. The van der Waals surface area contributed by atoms with Crippen molar-refractivity contribution in [3.05, 3.63) is 94.8 Å². The lowest BCUT2D eigenvalue weighted by molar-refractivity contribution is 0.0999. The number of para-hydroxylation sites is 1. The van der Waals surface area contributed by atoms with Crippen molar-refractivity contribution < 1.29 is 4.79 Å². The maximum Gasteiger partial charge on any atom is 0.249 e. The molecular formula is C27H30N4O. The highest BCUT2D eigenvalue weighted by Crippen LogP contribution is 2.38. The number of aromatic nitrogens is 1. The summed E-state index contributed by atoms with van der Waals surface area (Å²) in [6.45, 7) is 4.37. The molecule has 1 aliphatic rings. The number of pyridine rings is 1. The van der Waals surface area contributed by atoms with Crippen molar-refractivity contribution >= 4 is 23.4 Å². The van der Waals surface area contributed by atoms with Crippen molar-refractivity contribution in [3.63, 3.8) is 0 Å². The molecule has 0 saturated heterocycles. The summed E-state index contributed by atoms with van der Waals surface area (Å²) >= 11 is 0. The Labute approximate surface area is 190 Å². The van der Waals surface area contributed by atoms with Crippen LogP contribution in [0.25, 0.3) is 6.08 Å². The molecule has 2 aromatic carbocycles. The van der Waals surface area contributed by atoms with Gasteiger partial charge in [0.25, 0.3) is 0 Å². The molecule has 1 aliphatic heterocycles. The van der Waals surface area contributed by atoms with Crippen LogP contribution in [0.15, 0.2) is 67.0 Å². The number of unbranched alkanes of at least 4 members (excludes halogenated alkanes) is 1. The van der Waals surface area contributed by atoms with Gasteiger partial charge in [0.1, 0.15) is 0 Å². The Morgan fingerprint density at radius 2 is 1.91 bits per heavy atom. The Kier molecular flexibility index (Phi) is 6.97. The highest BCUT2D eigenvalue weighted by atomic mass is 16.1. The van der Waals surface area contributed by atoms with Crippen molar-refractivity contribution in [2.24, 2.45) is 5.73 Å². The molecule has 0 fully saturated rings. The normalized spacial score (nSPS) is 12.6. The summed E-state index contributed by atoms with van der Waals surface area (Å²) < 4.78 is 0. The summed E-state index contributed by atoms with van der Waals surface area (Å²) in [4.78, 5) is 18.8. The largest absolute Gasteiger partial charge is 0.366 e. The molecule has 1 amide bonds. The van der Waals surface area contributed by atoms with E-state index in [-0.39, 0.29) is 5.91 Å². The van der Waals surface area contributed by atoms with Gasteiger partial charge in [-0.25, -0.2) is 0 Å². The number of nitrogens with zero attached hydrogens (tertiary/aromatic N) is 2. The fourth-order valence-electron chi connectivity index (χ4n) is 4.31. The van der Waals surface area contributed by atoms with E-state index in [0.717, 1.165) is 49.3 Å². The SMILES string of the molecule is CCCCc1c(C(N)=O)ccc(CNCc2ccncc2)c1N1CC=Cc2ccccc21. The van der Waals surface area contributed by atoms with Gasteiger partial charge in [-0.05, 0) is 59.4 Å². The maximum absolute atomic E-state index is 12.3. The van der Waals surface area contributed by atoms with Gasteiger partial charge in [0, 0.05) is 49.0 Å². The van der Waals surface area contributed by atoms with Crippen LogP contribution >= 0.6 is 0 Å². The average Bonchev–Trinajstić information content (AvgIpc) is 2.83. The molecule has 0 unspecified atom stereocenters. The van der Waals surface area contributed by atoms with Crippen molar-refractivity contribution in [1.29, 1.82) is 0 Å². The lowest BCUT2D eigenvalue weighted by Crippen LogP contribution is -2.26. The summed E-state index contributed by atoms with van der Waals surface area (Å²) in [6, 6.07) is 16.4. The zero-order chi connectivity index (χ0) is 22.3. The highest BCUT2D eigenvalue weighted by molar-refractivity contribution is 5.97. The number of hydrogen-bond acceptors (Lipinski definition) is 4. The fourth-order valence-corrected chi connectivity index (χ4v) is 4.31. The van der Waals surface area contributed by atoms with Crippen LogP contribution in [0.2, 0.25) is 0 Å². The number of primary amides is 1. The van der Waals surface area contributed by atoms with E-state index in [2.05, 4.69) is 58.5 Å². The maximum atomic E-state index is 12.3. The second-order valence-electron chi connectivity index (χ2n) is 8.10. The second kappa shape index (κ2) is 10.2. The molecule has 3 aromatic rings. The lowest BCUT2D eigenvalue weighted by Gasteiger charge is -2.33. The van der Waals surface area contributed by atoms with E-state index in [1.165, 1.54) is 16.7 Å². The predicted molar refractivity (Wildman–Crippen MR) is 131 cm³/mol. The van der Waals surface area contributed by atoms with Crippen molar-refractivity contribution in [1.82, 2.24) is 10.3 Å². The first-order valence-electron chi connectivity index (χ1n) is 11.3. The average molecular weight is 427 g/mol. The fraction of sp³-hybridized carbons (Fsp3) is 0.259. The number of carbonyl (C=O) groups is 1. The Balaban J connectivity index is 1.75. The van der Waals surface area contributed by atoms with Crippen LogP contribution in [0.1, 0.15) is 52.4 Å². The zero-order valence-corrected chi connectivity index (χ0v) is 18.6. The smallest absolute Gasteiger partial charge is 0.249 e. The molecule has 0 spiro atoms. The molecule has 0 saturated carbocycles. The molecule has 5 nitrogen and oxygen atoms in total. The van der Waals surface area contributed by atoms with Gasteiger partial charge in [-0.15, -0.1) is 0 Å². The van der Waals surface area contributed by atoms with Gasteiger partial charge in [-0.2, -0.15) is 0 Å². The van der Waals surface area contributed by atoms with Gasteiger partial charge >= 0.3 is 0 Å². The molecule has 164 valence electrons. The third-order valence-electron chi connectivity index (χ3n) is 5.89. The van der Waals surface area contributed by atoms with Gasteiger partial charge in [0.05, 0.1) is 0 Å². The summed E-state index contributed by atoms with van der Waals surface area (Å²) in [6.07, 6.45) is 10.8. The standard InChI is InChI=1S/C27H30N4O/c1-2-3-9-23-24(27(28)32)12-11-22(19-30-18-20-13-15-29-16-14-20)26(23)31-17-6-8-21-7-4-5-10-25(21)31/h4-8,10-16,30H,2-3,9,17-19H2,1H3,(H2,28,32). The summed E-state index contributed by atoms with van der Waals surface area (Å²) in [5, 5.41) is 3.56. The minimum atomic E-state index is -0.366. The number of rotatable bonds is 9. The van der Waals surface area contributed by atoms with Crippen LogP contribution in [0.5, 0.6) is 0 Å². The molecule has 1 aromatic heterocycles.